The topological polar surface area (TPSA) is 203 Å². The molecular weight excluding hydrogens is 486 g/mol. The smallest absolute Gasteiger partial charge is 0.334 e. The van der Waals surface area contributed by atoms with Crippen LogP contribution in [0.1, 0.15) is 11.4 Å². The molecule has 0 unspecified atom stereocenters. The molecule has 2 heterocycles. The molecule has 0 spiro atoms. The Hall–Kier alpha value is -1.98. The third kappa shape index (κ3) is 5.16. The van der Waals surface area contributed by atoms with Crippen molar-refractivity contribution in [3.63, 3.8) is 0 Å². The Kier molecular flexibility index (Phi) is 8.75. The van der Waals surface area contributed by atoms with Crippen molar-refractivity contribution in [1.29, 1.82) is 0 Å². The molecule has 184 valence electrons. The average Bonchev–Trinajstić information content (AvgIpc) is 3.44. The highest BCUT2D eigenvalue weighted by atomic mass is 31.2. The number of aromatic amines is 2. The zero-order valence-electron chi connectivity index (χ0n) is 17.8. The predicted octanol–water partition coefficient (Wildman–Crippen LogP) is 1.27. The van der Waals surface area contributed by atoms with E-state index in [0.717, 1.165) is 21.8 Å². The lowest BCUT2D eigenvalue weighted by molar-refractivity contribution is -0.139. The van der Waals surface area contributed by atoms with Gasteiger partial charge in [-0.15, -0.1) is 0 Å². The van der Waals surface area contributed by atoms with Crippen molar-refractivity contribution in [1.82, 2.24) is 9.97 Å². The van der Waals surface area contributed by atoms with E-state index in [-0.39, 0.29) is 0 Å². The van der Waals surface area contributed by atoms with Gasteiger partial charge in [0.05, 0.1) is 36.6 Å². The third-order valence-electron chi connectivity index (χ3n) is 5.66. The van der Waals surface area contributed by atoms with Gasteiger partial charge < -0.3 is 50.0 Å². The average molecular weight is 512 g/mol. The van der Waals surface area contributed by atoms with E-state index in [2.05, 4.69) is 14.3 Å². The van der Waals surface area contributed by atoms with Crippen LogP contribution < -0.4 is 0 Å². The largest absolute Gasteiger partial charge is 0.395 e. The number of benzene rings is 2. The molecule has 0 atom stereocenters. The number of H-pyrrole nitrogens is 2. The van der Waals surface area contributed by atoms with Gasteiger partial charge in [-0.1, -0.05) is 36.4 Å². The van der Waals surface area contributed by atoms with Crippen molar-refractivity contribution in [2.45, 2.75) is 5.60 Å². The second-order valence-electron chi connectivity index (χ2n) is 7.59. The monoisotopic (exact) mass is 512 g/mol. The molecular formula is C21H26N2O9P2. The summed E-state index contributed by atoms with van der Waals surface area (Å²) in [6.45, 7) is -1.83. The van der Waals surface area contributed by atoms with Crippen LogP contribution in [0.25, 0.3) is 21.8 Å². The molecule has 2 aromatic heterocycles. The quantitative estimate of drug-likeness (QED) is 0.154. The van der Waals surface area contributed by atoms with Gasteiger partial charge in [-0.3, -0.25) is 0 Å². The number of aromatic nitrogens is 2. The van der Waals surface area contributed by atoms with Gasteiger partial charge in [0.2, 0.25) is 0 Å². The number of hydrogen-bond acceptors (Lipinski definition) is 9. The minimum Gasteiger partial charge on any atom is -0.395 e. The molecule has 0 saturated carbocycles. The van der Waals surface area contributed by atoms with E-state index in [1.54, 1.807) is 12.1 Å². The number of fused-ring (bicyclic) bond motifs is 2. The Bertz CT molecular complexity index is 1050. The van der Waals surface area contributed by atoms with E-state index in [0.29, 0.717) is 11.4 Å². The standard InChI is InChI=1S/C21H22N2O4.H4O5P2/c24-11-20(12-25,13-26)21(27,18-9-14-5-1-3-7-16(14)22-18)19-10-15-6-2-4-8-17(15)23-19;1-6(2)5-7(3)4/h1-10,22-27H,11-13H2;1-4H. The van der Waals surface area contributed by atoms with Gasteiger partial charge in [0, 0.05) is 11.0 Å². The highest BCUT2D eigenvalue weighted by Crippen LogP contribution is 2.45. The SMILES string of the molecule is OCC(CO)(CO)C(O)(c1cc2ccccc2[nH]1)c1cc2ccccc2[nH]1.OP(O)OP(O)O. The van der Waals surface area contributed by atoms with E-state index in [4.69, 9.17) is 19.6 Å². The van der Waals surface area contributed by atoms with Crippen LogP contribution in [0.2, 0.25) is 0 Å². The van der Waals surface area contributed by atoms with Crippen LogP contribution >= 0.6 is 17.2 Å². The van der Waals surface area contributed by atoms with Gasteiger partial charge in [-0.25, -0.2) is 4.31 Å². The van der Waals surface area contributed by atoms with Gasteiger partial charge in [0.15, 0.2) is 5.60 Å². The minimum absolute atomic E-state index is 0.382. The fraction of sp³-hybridized carbons (Fsp3) is 0.238. The summed E-state index contributed by atoms with van der Waals surface area (Å²) in [4.78, 5) is 37.6. The first-order valence-electron chi connectivity index (χ1n) is 9.96. The van der Waals surface area contributed by atoms with Crippen molar-refractivity contribution in [3.05, 3.63) is 72.1 Å². The second kappa shape index (κ2) is 11.2. The fourth-order valence-corrected chi connectivity index (χ4v) is 4.33. The lowest BCUT2D eigenvalue weighted by atomic mass is 9.69. The Balaban J connectivity index is 0.000000406. The Morgan fingerprint density at radius 1 is 0.676 bits per heavy atom. The highest BCUT2D eigenvalue weighted by Gasteiger charge is 2.54. The van der Waals surface area contributed by atoms with Gasteiger partial charge in [0.1, 0.15) is 0 Å². The third-order valence-corrected chi connectivity index (χ3v) is 6.83. The molecule has 2 aromatic carbocycles. The van der Waals surface area contributed by atoms with Crippen molar-refractivity contribution in [2.75, 3.05) is 19.8 Å². The van der Waals surface area contributed by atoms with Crippen LogP contribution in [0.4, 0.5) is 0 Å². The number of hydrogen-bond donors (Lipinski definition) is 10. The van der Waals surface area contributed by atoms with Crippen molar-refractivity contribution < 1.29 is 44.3 Å². The van der Waals surface area contributed by atoms with Gasteiger partial charge in [0.25, 0.3) is 0 Å². The van der Waals surface area contributed by atoms with Gasteiger partial charge in [-0.2, -0.15) is 0 Å². The zero-order valence-corrected chi connectivity index (χ0v) is 19.6. The summed E-state index contributed by atoms with van der Waals surface area (Å²) in [5, 5.41) is 43.9. The fourth-order valence-electron chi connectivity index (χ4n) is 3.81. The molecule has 0 amide bonds. The van der Waals surface area contributed by atoms with E-state index < -0.39 is 48.0 Å². The van der Waals surface area contributed by atoms with Crippen LogP contribution in [0, 0.1) is 5.41 Å². The van der Waals surface area contributed by atoms with Crippen molar-refractivity contribution in [3.8, 4) is 0 Å². The van der Waals surface area contributed by atoms with Crippen LogP contribution in [0.5, 0.6) is 0 Å². The van der Waals surface area contributed by atoms with Crippen LogP contribution in [-0.4, -0.2) is 69.8 Å². The first kappa shape index (κ1) is 26.6. The molecule has 34 heavy (non-hydrogen) atoms. The molecule has 4 aromatic rings. The van der Waals surface area contributed by atoms with Gasteiger partial charge >= 0.3 is 17.2 Å². The molecule has 0 aliphatic rings. The Morgan fingerprint density at radius 2 is 1.06 bits per heavy atom. The van der Waals surface area contributed by atoms with Crippen molar-refractivity contribution in [2.24, 2.45) is 5.41 Å². The summed E-state index contributed by atoms with van der Waals surface area (Å²) in [5.41, 5.74) is -1.09. The maximum absolute atomic E-state index is 11.9. The van der Waals surface area contributed by atoms with Crippen LogP contribution in [0.15, 0.2) is 60.7 Å². The molecule has 0 saturated heterocycles. The zero-order chi connectivity index (χ0) is 24.9. The molecule has 11 nitrogen and oxygen atoms in total. The summed E-state index contributed by atoms with van der Waals surface area (Å²) in [5.74, 6) is 0. The van der Waals surface area contributed by atoms with E-state index in [1.165, 1.54) is 0 Å². The normalized spacial score (nSPS) is 12.5. The number of para-hydroxylation sites is 2. The van der Waals surface area contributed by atoms with Gasteiger partial charge in [-0.05, 0) is 35.0 Å². The summed E-state index contributed by atoms with van der Waals surface area (Å²) >= 11 is 0. The Morgan fingerprint density at radius 3 is 1.35 bits per heavy atom. The summed E-state index contributed by atoms with van der Waals surface area (Å²) < 4.78 is 3.60. The van der Waals surface area contributed by atoms with Crippen molar-refractivity contribution >= 4 is 39.0 Å². The maximum atomic E-state index is 11.9. The summed E-state index contributed by atoms with van der Waals surface area (Å²) in [7, 11) is -5.22. The molecule has 0 aliphatic heterocycles. The lowest BCUT2D eigenvalue weighted by Gasteiger charge is -2.43. The number of aliphatic hydroxyl groups is 4. The number of nitrogens with one attached hydrogen (secondary N) is 2. The number of rotatable bonds is 8. The van der Waals surface area contributed by atoms with E-state index >= 15 is 0 Å². The predicted molar refractivity (Wildman–Crippen MR) is 127 cm³/mol. The molecule has 10 N–H and O–H groups in total. The lowest BCUT2D eigenvalue weighted by Crippen LogP contribution is -2.54. The minimum atomic E-state index is -2.61. The molecule has 0 fully saturated rings. The molecule has 4 rings (SSSR count). The number of aliphatic hydroxyl groups excluding tert-OH is 3. The second-order valence-corrected chi connectivity index (χ2v) is 9.26. The summed E-state index contributed by atoms with van der Waals surface area (Å²) in [6.07, 6.45) is 0. The van der Waals surface area contributed by atoms with Crippen LogP contribution in [0.3, 0.4) is 0 Å². The van der Waals surface area contributed by atoms with Crippen LogP contribution in [-0.2, 0) is 9.91 Å². The first-order valence-corrected chi connectivity index (χ1v) is 12.3. The molecule has 13 heteroatoms. The maximum Gasteiger partial charge on any atom is 0.334 e. The highest BCUT2D eigenvalue weighted by molar-refractivity contribution is 7.53. The molecule has 0 bridgehead atoms. The van der Waals surface area contributed by atoms with E-state index in [9.17, 15) is 20.4 Å². The summed E-state index contributed by atoms with van der Waals surface area (Å²) in [6, 6.07) is 18.6. The Labute approximate surface area is 196 Å². The first-order chi connectivity index (χ1) is 16.2. The molecule has 0 radical (unpaired) electrons. The molecule has 0 aliphatic carbocycles. The van der Waals surface area contributed by atoms with E-state index in [1.807, 2.05) is 48.5 Å².